The van der Waals surface area contributed by atoms with Crippen molar-refractivity contribution in [2.45, 2.75) is 52.4 Å². The van der Waals surface area contributed by atoms with Gasteiger partial charge in [-0.25, -0.2) is 0 Å². The van der Waals surface area contributed by atoms with Gasteiger partial charge in [0.2, 0.25) is 0 Å². The summed E-state index contributed by atoms with van der Waals surface area (Å²) in [6.45, 7) is 6.80. The monoisotopic (exact) mass is 196 g/mol. The fourth-order valence-electron chi connectivity index (χ4n) is 1.56. The first-order valence-electron chi connectivity index (χ1n) is 5.30. The molecule has 0 fully saturated rings. The Bertz CT molecular complexity index is 237. The van der Waals surface area contributed by atoms with E-state index in [0.29, 0.717) is 0 Å². The number of hydrogen-bond donors (Lipinski definition) is 0. The van der Waals surface area contributed by atoms with E-state index in [0.717, 1.165) is 5.92 Å². The van der Waals surface area contributed by atoms with Crippen LogP contribution in [0.25, 0.3) is 0 Å². The van der Waals surface area contributed by atoms with Gasteiger partial charge in [0.05, 0.1) is 0 Å². The van der Waals surface area contributed by atoms with Crippen LogP contribution in [0.15, 0.2) is 12.1 Å². The van der Waals surface area contributed by atoms with E-state index in [-0.39, 0.29) is 0 Å². The van der Waals surface area contributed by atoms with Crippen LogP contribution in [0.1, 0.15) is 55.2 Å². The van der Waals surface area contributed by atoms with E-state index in [1.165, 1.54) is 30.6 Å². The minimum Gasteiger partial charge on any atom is -0.145 e. The molecule has 0 bridgehead atoms. The summed E-state index contributed by atoms with van der Waals surface area (Å²) < 4.78 is 0. The molecule has 1 heterocycles. The first kappa shape index (κ1) is 10.8. The van der Waals surface area contributed by atoms with Crippen molar-refractivity contribution in [1.82, 2.24) is 0 Å². The molecule has 1 heteroatoms. The number of unbranched alkanes of at least 4 members (excludes halogenated alkanes) is 2. The van der Waals surface area contributed by atoms with Crippen LogP contribution in [0.4, 0.5) is 0 Å². The third-order valence-electron chi connectivity index (χ3n) is 2.49. The van der Waals surface area contributed by atoms with E-state index in [2.05, 4.69) is 32.9 Å². The fourth-order valence-corrected chi connectivity index (χ4v) is 2.52. The predicted molar refractivity (Wildman–Crippen MR) is 61.6 cm³/mol. The molecule has 1 atom stereocenters. The minimum atomic E-state index is 0.769. The Morgan fingerprint density at radius 1 is 1.31 bits per heavy atom. The Hall–Kier alpha value is -0.300. The summed E-state index contributed by atoms with van der Waals surface area (Å²) in [6.07, 6.45) is 5.45. The second-order valence-electron chi connectivity index (χ2n) is 3.85. The zero-order valence-corrected chi connectivity index (χ0v) is 9.79. The van der Waals surface area contributed by atoms with Crippen molar-refractivity contribution in [3.63, 3.8) is 0 Å². The number of aryl methyl sites for hydroxylation is 1. The van der Waals surface area contributed by atoms with Crippen molar-refractivity contribution >= 4 is 11.3 Å². The van der Waals surface area contributed by atoms with Crippen LogP contribution in [0.5, 0.6) is 0 Å². The van der Waals surface area contributed by atoms with E-state index in [1.807, 2.05) is 11.3 Å². The molecule has 0 unspecified atom stereocenters. The summed E-state index contributed by atoms with van der Waals surface area (Å²) in [7, 11) is 0. The van der Waals surface area contributed by atoms with E-state index in [9.17, 15) is 0 Å². The first-order chi connectivity index (χ1) is 6.24. The molecule has 0 nitrogen and oxygen atoms in total. The molecule has 74 valence electrons. The SMILES string of the molecule is CCCCC[C@@H](C)c1ccc(C)s1. The van der Waals surface area contributed by atoms with E-state index >= 15 is 0 Å². The summed E-state index contributed by atoms with van der Waals surface area (Å²) in [6, 6.07) is 4.52. The highest BCUT2D eigenvalue weighted by Gasteiger charge is 2.06. The first-order valence-corrected chi connectivity index (χ1v) is 6.12. The lowest BCUT2D eigenvalue weighted by atomic mass is 10.0. The molecule has 1 aromatic rings. The second kappa shape index (κ2) is 5.43. The molecule has 0 N–H and O–H groups in total. The Labute approximate surface area is 86.0 Å². The summed E-state index contributed by atoms with van der Waals surface area (Å²) in [4.78, 5) is 3.01. The predicted octanol–water partition coefficient (Wildman–Crippen LogP) is 4.74. The van der Waals surface area contributed by atoms with Gasteiger partial charge in [0, 0.05) is 9.75 Å². The molecule has 0 aliphatic carbocycles. The van der Waals surface area contributed by atoms with Gasteiger partial charge in [0.15, 0.2) is 0 Å². The average Bonchev–Trinajstić information content (AvgIpc) is 2.52. The standard InChI is InChI=1S/C12H20S/c1-4-5-6-7-10(2)12-9-8-11(3)13-12/h8-10H,4-7H2,1-3H3/t10-/m1/s1. The Morgan fingerprint density at radius 2 is 2.08 bits per heavy atom. The molecule has 1 rings (SSSR count). The maximum atomic E-state index is 2.35. The van der Waals surface area contributed by atoms with E-state index in [1.54, 1.807) is 4.88 Å². The normalized spacial score (nSPS) is 13.2. The Kier molecular flexibility index (Phi) is 4.51. The molecule has 0 aromatic carbocycles. The zero-order chi connectivity index (χ0) is 9.68. The highest BCUT2D eigenvalue weighted by molar-refractivity contribution is 7.12. The highest BCUT2D eigenvalue weighted by Crippen LogP contribution is 2.27. The fraction of sp³-hybridized carbons (Fsp3) is 0.667. The van der Waals surface area contributed by atoms with Gasteiger partial charge >= 0.3 is 0 Å². The van der Waals surface area contributed by atoms with Crippen molar-refractivity contribution < 1.29 is 0 Å². The molecular formula is C12H20S. The molecule has 0 saturated heterocycles. The zero-order valence-electron chi connectivity index (χ0n) is 8.97. The molecule has 0 saturated carbocycles. The molecule has 0 aliphatic heterocycles. The quantitative estimate of drug-likeness (QED) is 0.597. The van der Waals surface area contributed by atoms with Gasteiger partial charge in [0.1, 0.15) is 0 Å². The molecule has 13 heavy (non-hydrogen) atoms. The molecule has 0 spiro atoms. The van der Waals surface area contributed by atoms with Crippen LogP contribution in [0.3, 0.4) is 0 Å². The lowest BCUT2D eigenvalue weighted by Crippen LogP contribution is -1.89. The third-order valence-corrected chi connectivity index (χ3v) is 3.72. The van der Waals surface area contributed by atoms with Crippen LogP contribution in [0.2, 0.25) is 0 Å². The van der Waals surface area contributed by atoms with Gasteiger partial charge in [-0.15, -0.1) is 11.3 Å². The summed E-state index contributed by atoms with van der Waals surface area (Å²) >= 11 is 1.95. The second-order valence-corrected chi connectivity index (χ2v) is 5.16. The molecular weight excluding hydrogens is 176 g/mol. The van der Waals surface area contributed by atoms with Crippen molar-refractivity contribution in [3.8, 4) is 0 Å². The molecule has 0 aliphatic rings. The summed E-state index contributed by atoms with van der Waals surface area (Å²) in [5, 5.41) is 0. The van der Waals surface area contributed by atoms with Gasteiger partial charge in [-0.1, -0.05) is 33.1 Å². The maximum absolute atomic E-state index is 2.35. The Balaban J connectivity index is 2.35. The summed E-state index contributed by atoms with van der Waals surface area (Å²) in [5.41, 5.74) is 0. The molecule has 1 aromatic heterocycles. The number of rotatable bonds is 5. The van der Waals surface area contributed by atoms with Crippen LogP contribution in [0, 0.1) is 6.92 Å². The van der Waals surface area contributed by atoms with Gasteiger partial charge in [-0.3, -0.25) is 0 Å². The van der Waals surface area contributed by atoms with E-state index in [4.69, 9.17) is 0 Å². The van der Waals surface area contributed by atoms with Crippen LogP contribution in [-0.4, -0.2) is 0 Å². The largest absolute Gasteiger partial charge is 0.145 e. The number of hydrogen-bond acceptors (Lipinski definition) is 1. The van der Waals surface area contributed by atoms with Crippen molar-refractivity contribution in [3.05, 3.63) is 21.9 Å². The van der Waals surface area contributed by atoms with Crippen molar-refractivity contribution in [2.75, 3.05) is 0 Å². The average molecular weight is 196 g/mol. The summed E-state index contributed by atoms with van der Waals surface area (Å²) in [5.74, 6) is 0.769. The van der Waals surface area contributed by atoms with Crippen molar-refractivity contribution in [1.29, 1.82) is 0 Å². The molecule has 0 radical (unpaired) electrons. The van der Waals surface area contributed by atoms with Gasteiger partial charge in [-0.2, -0.15) is 0 Å². The van der Waals surface area contributed by atoms with Crippen LogP contribution >= 0.6 is 11.3 Å². The Morgan fingerprint density at radius 3 is 2.62 bits per heavy atom. The third kappa shape index (κ3) is 3.51. The van der Waals surface area contributed by atoms with E-state index < -0.39 is 0 Å². The highest BCUT2D eigenvalue weighted by atomic mass is 32.1. The smallest absolute Gasteiger partial charge is 0.00762 e. The number of thiophene rings is 1. The van der Waals surface area contributed by atoms with Gasteiger partial charge in [-0.05, 0) is 31.4 Å². The maximum Gasteiger partial charge on any atom is 0.00762 e. The topological polar surface area (TPSA) is 0 Å². The van der Waals surface area contributed by atoms with Crippen LogP contribution < -0.4 is 0 Å². The van der Waals surface area contributed by atoms with Crippen molar-refractivity contribution in [2.24, 2.45) is 0 Å². The van der Waals surface area contributed by atoms with Gasteiger partial charge < -0.3 is 0 Å². The molecule has 0 amide bonds. The van der Waals surface area contributed by atoms with Crippen LogP contribution in [-0.2, 0) is 0 Å². The lowest BCUT2D eigenvalue weighted by molar-refractivity contribution is 0.604. The lowest BCUT2D eigenvalue weighted by Gasteiger charge is -2.07. The minimum absolute atomic E-state index is 0.769. The van der Waals surface area contributed by atoms with Gasteiger partial charge in [0.25, 0.3) is 0 Å².